The molecule has 0 amide bonds. The molecule has 0 saturated carbocycles. The molecule has 1 aromatic heterocycles. The standard InChI is InChI=1S/C13H18FN3/c1-8(2)17-12-5-4-10(14)7-11(12)16-13(17)6-9(3)15/h4-5,7-9H,6,15H2,1-3H3. The first-order valence-corrected chi connectivity index (χ1v) is 5.91. The number of imidazole rings is 1. The van der Waals surface area contributed by atoms with Crippen molar-refractivity contribution in [2.24, 2.45) is 5.73 Å². The van der Waals surface area contributed by atoms with Gasteiger partial charge in [0.05, 0.1) is 11.0 Å². The lowest BCUT2D eigenvalue weighted by Gasteiger charge is -2.14. The fourth-order valence-electron chi connectivity index (χ4n) is 2.13. The molecule has 17 heavy (non-hydrogen) atoms. The molecule has 0 radical (unpaired) electrons. The number of rotatable bonds is 3. The Balaban J connectivity index is 2.61. The third-order valence-corrected chi connectivity index (χ3v) is 2.75. The molecule has 92 valence electrons. The maximum Gasteiger partial charge on any atom is 0.125 e. The van der Waals surface area contributed by atoms with Crippen molar-refractivity contribution in [3.8, 4) is 0 Å². The van der Waals surface area contributed by atoms with Crippen molar-refractivity contribution in [2.75, 3.05) is 0 Å². The molecule has 0 saturated heterocycles. The lowest BCUT2D eigenvalue weighted by molar-refractivity contribution is 0.564. The average molecular weight is 235 g/mol. The number of hydrogen-bond donors (Lipinski definition) is 1. The van der Waals surface area contributed by atoms with Crippen LogP contribution in [0.15, 0.2) is 18.2 Å². The quantitative estimate of drug-likeness (QED) is 0.888. The lowest BCUT2D eigenvalue weighted by atomic mass is 10.2. The molecule has 4 heteroatoms. The highest BCUT2D eigenvalue weighted by molar-refractivity contribution is 5.76. The topological polar surface area (TPSA) is 43.8 Å². The summed E-state index contributed by atoms with van der Waals surface area (Å²) in [5.74, 6) is 0.675. The molecule has 0 aliphatic heterocycles. The summed E-state index contributed by atoms with van der Waals surface area (Å²) in [6.45, 7) is 6.13. The fraction of sp³-hybridized carbons (Fsp3) is 0.462. The second kappa shape index (κ2) is 4.45. The van der Waals surface area contributed by atoms with Crippen LogP contribution in [0.3, 0.4) is 0 Å². The number of halogens is 1. The monoisotopic (exact) mass is 235 g/mol. The van der Waals surface area contributed by atoms with Gasteiger partial charge in [0, 0.05) is 24.6 Å². The van der Waals surface area contributed by atoms with Gasteiger partial charge in [0.15, 0.2) is 0 Å². The first-order valence-electron chi connectivity index (χ1n) is 5.91. The van der Waals surface area contributed by atoms with Crippen LogP contribution in [0.25, 0.3) is 11.0 Å². The summed E-state index contributed by atoms with van der Waals surface area (Å²) in [5.41, 5.74) is 7.49. The SMILES string of the molecule is CC(N)Cc1nc2cc(F)ccc2n1C(C)C. The highest BCUT2D eigenvalue weighted by Gasteiger charge is 2.14. The van der Waals surface area contributed by atoms with Crippen molar-refractivity contribution in [2.45, 2.75) is 39.3 Å². The molecule has 0 spiro atoms. The predicted molar refractivity (Wildman–Crippen MR) is 67.4 cm³/mol. The van der Waals surface area contributed by atoms with E-state index >= 15 is 0 Å². The number of fused-ring (bicyclic) bond motifs is 1. The van der Waals surface area contributed by atoms with E-state index in [4.69, 9.17) is 5.73 Å². The minimum atomic E-state index is -0.252. The molecule has 2 N–H and O–H groups in total. The Bertz CT molecular complexity index is 529. The normalized spacial score (nSPS) is 13.5. The summed E-state index contributed by atoms with van der Waals surface area (Å²) in [6, 6.07) is 5.06. The molecule has 2 rings (SSSR count). The van der Waals surface area contributed by atoms with E-state index < -0.39 is 0 Å². The maximum atomic E-state index is 13.2. The van der Waals surface area contributed by atoms with Gasteiger partial charge in [-0.3, -0.25) is 0 Å². The third-order valence-electron chi connectivity index (χ3n) is 2.75. The number of hydrogen-bond acceptors (Lipinski definition) is 2. The van der Waals surface area contributed by atoms with E-state index in [1.54, 1.807) is 6.07 Å². The van der Waals surface area contributed by atoms with Crippen molar-refractivity contribution in [1.82, 2.24) is 9.55 Å². The summed E-state index contributed by atoms with van der Waals surface area (Å²) in [5, 5.41) is 0. The molecule has 0 bridgehead atoms. The van der Waals surface area contributed by atoms with Crippen LogP contribution < -0.4 is 5.73 Å². The van der Waals surface area contributed by atoms with E-state index in [2.05, 4.69) is 23.4 Å². The van der Waals surface area contributed by atoms with Gasteiger partial charge in [-0.2, -0.15) is 0 Å². The van der Waals surface area contributed by atoms with E-state index in [0.717, 1.165) is 11.3 Å². The molecule has 1 aromatic carbocycles. The predicted octanol–water partition coefficient (Wildman–Crippen LogP) is 2.65. The van der Waals surface area contributed by atoms with Gasteiger partial charge in [-0.25, -0.2) is 9.37 Å². The van der Waals surface area contributed by atoms with Crippen LogP contribution in [0.5, 0.6) is 0 Å². The average Bonchev–Trinajstić information content (AvgIpc) is 2.53. The minimum Gasteiger partial charge on any atom is -0.328 e. The second-order valence-electron chi connectivity index (χ2n) is 4.81. The van der Waals surface area contributed by atoms with Crippen LogP contribution >= 0.6 is 0 Å². The Labute approximate surface area is 100 Å². The highest BCUT2D eigenvalue weighted by atomic mass is 19.1. The number of nitrogens with zero attached hydrogens (tertiary/aromatic N) is 2. The van der Waals surface area contributed by atoms with Crippen LogP contribution in [0, 0.1) is 5.82 Å². The van der Waals surface area contributed by atoms with Crippen molar-refractivity contribution in [3.05, 3.63) is 29.8 Å². The molecule has 0 aliphatic rings. The molecule has 2 aromatic rings. The molecule has 1 heterocycles. The summed E-state index contributed by atoms with van der Waals surface area (Å²) < 4.78 is 15.3. The Morgan fingerprint density at radius 2 is 2.06 bits per heavy atom. The number of aromatic nitrogens is 2. The molecular weight excluding hydrogens is 217 g/mol. The Hall–Kier alpha value is -1.42. The van der Waals surface area contributed by atoms with Crippen molar-refractivity contribution >= 4 is 11.0 Å². The largest absolute Gasteiger partial charge is 0.328 e. The van der Waals surface area contributed by atoms with E-state index in [1.807, 2.05) is 6.92 Å². The van der Waals surface area contributed by atoms with Gasteiger partial charge in [0.25, 0.3) is 0 Å². The van der Waals surface area contributed by atoms with Crippen LogP contribution in [0.4, 0.5) is 4.39 Å². The zero-order chi connectivity index (χ0) is 12.6. The van der Waals surface area contributed by atoms with Crippen molar-refractivity contribution < 1.29 is 4.39 Å². The highest BCUT2D eigenvalue weighted by Crippen LogP contribution is 2.22. The zero-order valence-corrected chi connectivity index (χ0v) is 10.4. The molecule has 1 unspecified atom stereocenters. The third kappa shape index (κ3) is 2.31. The first kappa shape index (κ1) is 12.0. The Morgan fingerprint density at radius 1 is 1.35 bits per heavy atom. The van der Waals surface area contributed by atoms with Gasteiger partial charge in [0.1, 0.15) is 11.6 Å². The van der Waals surface area contributed by atoms with Crippen LogP contribution in [-0.2, 0) is 6.42 Å². The van der Waals surface area contributed by atoms with Gasteiger partial charge in [-0.15, -0.1) is 0 Å². The summed E-state index contributed by atoms with van der Waals surface area (Å²) in [6.07, 6.45) is 0.703. The Kier molecular flexibility index (Phi) is 3.15. The van der Waals surface area contributed by atoms with Crippen LogP contribution in [0.2, 0.25) is 0 Å². The minimum absolute atomic E-state index is 0.0501. The van der Waals surface area contributed by atoms with Gasteiger partial charge in [0.2, 0.25) is 0 Å². The van der Waals surface area contributed by atoms with Crippen molar-refractivity contribution in [1.29, 1.82) is 0 Å². The molecule has 0 fully saturated rings. The summed E-state index contributed by atoms with van der Waals surface area (Å²) >= 11 is 0. The smallest absolute Gasteiger partial charge is 0.125 e. The van der Waals surface area contributed by atoms with Gasteiger partial charge in [-0.05, 0) is 32.9 Å². The van der Waals surface area contributed by atoms with E-state index in [9.17, 15) is 4.39 Å². The molecule has 3 nitrogen and oxygen atoms in total. The van der Waals surface area contributed by atoms with Crippen LogP contribution in [0.1, 0.15) is 32.6 Å². The molecule has 0 aliphatic carbocycles. The van der Waals surface area contributed by atoms with E-state index in [1.165, 1.54) is 12.1 Å². The van der Waals surface area contributed by atoms with Gasteiger partial charge >= 0.3 is 0 Å². The lowest BCUT2D eigenvalue weighted by Crippen LogP contribution is -2.21. The number of benzene rings is 1. The summed E-state index contributed by atoms with van der Waals surface area (Å²) in [7, 11) is 0. The zero-order valence-electron chi connectivity index (χ0n) is 10.4. The Morgan fingerprint density at radius 3 is 2.65 bits per heavy atom. The second-order valence-corrected chi connectivity index (χ2v) is 4.81. The molecular formula is C13H18FN3. The van der Waals surface area contributed by atoms with Gasteiger partial charge < -0.3 is 10.3 Å². The summed E-state index contributed by atoms with van der Waals surface area (Å²) in [4.78, 5) is 4.48. The maximum absolute atomic E-state index is 13.2. The van der Waals surface area contributed by atoms with Gasteiger partial charge in [-0.1, -0.05) is 0 Å². The van der Waals surface area contributed by atoms with E-state index in [0.29, 0.717) is 18.0 Å². The van der Waals surface area contributed by atoms with Crippen molar-refractivity contribution in [3.63, 3.8) is 0 Å². The van der Waals surface area contributed by atoms with E-state index in [-0.39, 0.29) is 11.9 Å². The molecule has 1 atom stereocenters. The van der Waals surface area contributed by atoms with Crippen LogP contribution in [-0.4, -0.2) is 15.6 Å². The fourth-order valence-corrected chi connectivity index (χ4v) is 2.13. The number of nitrogens with two attached hydrogens (primary N) is 1. The first-order chi connectivity index (χ1) is 7.99.